The largest absolute Gasteiger partial charge is 0.493 e. The van der Waals surface area contributed by atoms with Crippen LogP contribution in [-0.4, -0.2) is 20.1 Å². The number of amides is 1. The van der Waals surface area contributed by atoms with E-state index in [1.165, 1.54) is 20.3 Å². The Hall–Kier alpha value is -2.63. The molecule has 21 heavy (non-hydrogen) atoms. The summed E-state index contributed by atoms with van der Waals surface area (Å²) in [6.45, 7) is 0. The van der Waals surface area contributed by atoms with Gasteiger partial charge in [-0.15, -0.1) is 0 Å². The van der Waals surface area contributed by atoms with Crippen LogP contribution in [0.2, 0.25) is 0 Å². The van der Waals surface area contributed by atoms with Gasteiger partial charge in [0.05, 0.1) is 25.5 Å². The number of para-hydroxylation sites is 1. The van der Waals surface area contributed by atoms with Gasteiger partial charge in [-0.05, 0) is 24.3 Å². The molecule has 0 spiro atoms. The van der Waals surface area contributed by atoms with Gasteiger partial charge >= 0.3 is 0 Å². The molecule has 2 rings (SSSR count). The third-order valence-electron chi connectivity index (χ3n) is 2.83. The second kappa shape index (κ2) is 6.21. The molecule has 0 saturated heterocycles. The number of hydrogen-bond acceptors (Lipinski definition) is 3. The van der Waals surface area contributed by atoms with Gasteiger partial charge in [0.15, 0.2) is 11.5 Å². The Balaban J connectivity index is 2.32. The third kappa shape index (κ3) is 3.10. The van der Waals surface area contributed by atoms with Crippen molar-refractivity contribution in [2.45, 2.75) is 0 Å². The van der Waals surface area contributed by atoms with E-state index in [-0.39, 0.29) is 17.0 Å². The number of methoxy groups -OCH3 is 2. The van der Waals surface area contributed by atoms with Crippen LogP contribution >= 0.6 is 0 Å². The van der Waals surface area contributed by atoms with Gasteiger partial charge in [0, 0.05) is 6.07 Å². The molecule has 2 aromatic rings. The SMILES string of the molecule is COc1cccc(C(=O)Nc2ccc(F)cc2F)c1OC. The highest BCUT2D eigenvalue weighted by Gasteiger charge is 2.17. The Kier molecular flexibility index (Phi) is 4.37. The Bertz CT molecular complexity index is 674. The summed E-state index contributed by atoms with van der Waals surface area (Å²) < 4.78 is 36.6. The number of anilines is 1. The van der Waals surface area contributed by atoms with E-state index in [1.807, 2.05) is 0 Å². The predicted octanol–water partition coefficient (Wildman–Crippen LogP) is 3.23. The fourth-order valence-electron chi connectivity index (χ4n) is 1.85. The first-order chi connectivity index (χ1) is 10.1. The molecule has 0 radical (unpaired) electrons. The molecule has 0 fully saturated rings. The normalized spacial score (nSPS) is 10.1. The lowest BCUT2D eigenvalue weighted by Crippen LogP contribution is -2.14. The van der Waals surface area contributed by atoms with Crippen molar-refractivity contribution in [2.75, 3.05) is 19.5 Å². The van der Waals surface area contributed by atoms with Gasteiger partial charge in [-0.2, -0.15) is 0 Å². The van der Waals surface area contributed by atoms with Crippen molar-refractivity contribution in [3.63, 3.8) is 0 Å². The topological polar surface area (TPSA) is 47.6 Å². The Labute approximate surface area is 120 Å². The van der Waals surface area contributed by atoms with Crippen molar-refractivity contribution in [3.05, 3.63) is 53.6 Å². The molecule has 110 valence electrons. The molecule has 0 aliphatic carbocycles. The lowest BCUT2D eigenvalue weighted by molar-refractivity contribution is 0.102. The van der Waals surface area contributed by atoms with Gasteiger partial charge in [0.25, 0.3) is 5.91 Å². The zero-order valence-corrected chi connectivity index (χ0v) is 11.4. The summed E-state index contributed by atoms with van der Waals surface area (Å²) in [7, 11) is 2.84. The third-order valence-corrected chi connectivity index (χ3v) is 2.83. The van der Waals surface area contributed by atoms with Crippen LogP contribution in [0.5, 0.6) is 11.5 Å². The molecule has 0 saturated carbocycles. The van der Waals surface area contributed by atoms with E-state index in [1.54, 1.807) is 12.1 Å². The number of rotatable bonds is 4. The van der Waals surface area contributed by atoms with Crippen LogP contribution in [0.4, 0.5) is 14.5 Å². The molecule has 0 bridgehead atoms. The minimum Gasteiger partial charge on any atom is -0.493 e. The molecule has 0 unspecified atom stereocenters. The Morgan fingerprint density at radius 1 is 1.10 bits per heavy atom. The van der Waals surface area contributed by atoms with Crippen LogP contribution in [0, 0.1) is 11.6 Å². The van der Waals surface area contributed by atoms with E-state index >= 15 is 0 Å². The fourth-order valence-corrected chi connectivity index (χ4v) is 1.85. The molecule has 2 aromatic carbocycles. The number of hydrogen-bond donors (Lipinski definition) is 1. The van der Waals surface area contributed by atoms with Crippen LogP contribution in [0.3, 0.4) is 0 Å². The standard InChI is InChI=1S/C15H13F2NO3/c1-20-13-5-3-4-10(14(13)21-2)15(19)18-12-7-6-9(16)8-11(12)17/h3-8H,1-2H3,(H,18,19). The highest BCUT2D eigenvalue weighted by Crippen LogP contribution is 2.31. The molecule has 1 amide bonds. The molecule has 0 aliphatic heterocycles. The fraction of sp³-hybridized carbons (Fsp3) is 0.133. The van der Waals surface area contributed by atoms with Crippen LogP contribution in [0.15, 0.2) is 36.4 Å². The van der Waals surface area contributed by atoms with Crippen molar-refractivity contribution >= 4 is 11.6 Å². The van der Waals surface area contributed by atoms with Crippen LogP contribution in [-0.2, 0) is 0 Å². The molecular weight excluding hydrogens is 280 g/mol. The lowest BCUT2D eigenvalue weighted by Gasteiger charge is -2.12. The number of carbonyl (C=O) groups excluding carboxylic acids is 1. The smallest absolute Gasteiger partial charge is 0.259 e. The maximum absolute atomic E-state index is 13.5. The van der Waals surface area contributed by atoms with Gasteiger partial charge in [-0.25, -0.2) is 8.78 Å². The number of nitrogens with one attached hydrogen (secondary N) is 1. The minimum absolute atomic E-state index is 0.119. The maximum atomic E-state index is 13.5. The van der Waals surface area contributed by atoms with Gasteiger partial charge in [0.1, 0.15) is 11.6 Å². The van der Waals surface area contributed by atoms with Gasteiger partial charge in [0.2, 0.25) is 0 Å². The molecule has 0 heterocycles. The van der Waals surface area contributed by atoms with Crippen LogP contribution < -0.4 is 14.8 Å². The van der Waals surface area contributed by atoms with Crippen LogP contribution in [0.25, 0.3) is 0 Å². The molecule has 6 heteroatoms. The average Bonchev–Trinajstić information content (AvgIpc) is 2.49. The van der Waals surface area contributed by atoms with E-state index in [9.17, 15) is 13.6 Å². The number of ether oxygens (including phenoxy) is 2. The van der Waals surface area contributed by atoms with Gasteiger partial charge < -0.3 is 14.8 Å². The monoisotopic (exact) mass is 293 g/mol. The van der Waals surface area contributed by atoms with E-state index in [0.717, 1.165) is 12.1 Å². The number of halogens is 2. The average molecular weight is 293 g/mol. The lowest BCUT2D eigenvalue weighted by atomic mass is 10.1. The molecular formula is C15H13F2NO3. The summed E-state index contributed by atoms with van der Waals surface area (Å²) in [6, 6.07) is 7.65. The molecule has 0 aromatic heterocycles. The van der Waals surface area contributed by atoms with Crippen molar-refractivity contribution in [1.29, 1.82) is 0 Å². The van der Waals surface area contributed by atoms with E-state index in [4.69, 9.17) is 9.47 Å². The zero-order chi connectivity index (χ0) is 15.4. The minimum atomic E-state index is -0.856. The van der Waals surface area contributed by atoms with Gasteiger partial charge in [-0.1, -0.05) is 6.07 Å². The highest BCUT2D eigenvalue weighted by atomic mass is 19.1. The Morgan fingerprint density at radius 3 is 2.48 bits per heavy atom. The van der Waals surface area contributed by atoms with Gasteiger partial charge in [-0.3, -0.25) is 4.79 Å². The number of benzene rings is 2. The van der Waals surface area contributed by atoms with Crippen molar-refractivity contribution < 1.29 is 23.0 Å². The predicted molar refractivity (Wildman–Crippen MR) is 73.9 cm³/mol. The quantitative estimate of drug-likeness (QED) is 0.941. The van der Waals surface area contributed by atoms with Crippen LogP contribution in [0.1, 0.15) is 10.4 Å². The summed E-state index contributed by atoms with van der Waals surface area (Å²) in [6.07, 6.45) is 0. The second-order valence-electron chi connectivity index (χ2n) is 4.12. The maximum Gasteiger partial charge on any atom is 0.259 e. The van der Waals surface area contributed by atoms with E-state index in [2.05, 4.69) is 5.32 Å². The van der Waals surface area contributed by atoms with Crippen molar-refractivity contribution in [2.24, 2.45) is 0 Å². The summed E-state index contributed by atoms with van der Waals surface area (Å²) in [4.78, 5) is 12.2. The summed E-state index contributed by atoms with van der Waals surface area (Å²) >= 11 is 0. The van der Waals surface area contributed by atoms with Crippen molar-refractivity contribution in [1.82, 2.24) is 0 Å². The molecule has 0 aliphatic rings. The molecule has 0 atom stereocenters. The molecule has 4 nitrogen and oxygen atoms in total. The Morgan fingerprint density at radius 2 is 1.86 bits per heavy atom. The summed E-state index contributed by atoms with van der Waals surface area (Å²) in [5.74, 6) is -1.55. The van der Waals surface area contributed by atoms with E-state index in [0.29, 0.717) is 11.8 Å². The first kappa shape index (κ1) is 14.8. The number of carbonyl (C=O) groups is 1. The highest BCUT2D eigenvalue weighted by molar-refractivity contribution is 6.06. The zero-order valence-electron chi connectivity index (χ0n) is 11.4. The first-order valence-corrected chi connectivity index (χ1v) is 6.04. The van der Waals surface area contributed by atoms with Crippen molar-refractivity contribution in [3.8, 4) is 11.5 Å². The first-order valence-electron chi connectivity index (χ1n) is 6.04. The summed E-state index contributed by atoms with van der Waals surface area (Å²) in [5.41, 5.74) is 0.0619. The second-order valence-corrected chi connectivity index (χ2v) is 4.12. The summed E-state index contributed by atoms with van der Waals surface area (Å²) in [5, 5.41) is 2.36. The molecule has 1 N–H and O–H groups in total. The van der Waals surface area contributed by atoms with E-state index < -0.39 is 17.5 Å².